The summed E-state index contributed by atoms with van der Waals surface area (Å²) >= 11 is 0. The van der Waals surface area contributed by atoms with Crippen LogP contribution in [0.2, 0.25) is 0 Å². The van der Waals surface area contributed by atoms with E-state index in [-0.39, 0.29) is 34.5 Å². The minimum absolute atomic E-state index is 0.126. The number of nitro benzene ring substituents is 1. The van der Waals surface area contributed by atoms with Crippen LogP contribution >= 0.6 is 0 Å². The fourth-order valence-corrected chi connectivity index (χ4v) is 3.88. The maximum Gasteiger partial charge on any atom is 0.338 e. The Bertz CT molecular complexity index is 969. The van der Waals surface area contributed by atoms with Crippen molar-refractivity contribution in [2.45, 2.75) is 23.8 Å². The number of nitro groups is 1. The second-order valence-corrected chi connectivity index (χ2v) is 8.01. The first kappa shape index (κ1) is 19.8. The van der Waals surface area contributed by atoms with E-state index in [4.69, 9.17) is 4.74 Å². The highest BCUT2D eigenvalue weighted by Gasteiger charge is 2.19. The van der Waals surface area contributed by atoms with Gasteiger partial charge in [-0.1, -0.05) is 6.07 Å². The first-order valence-electron chi connectivity index (χ1n) is 8.63. The summed E-state index contributed by atoms with van der Waals surface area (Å²) in [5, 5.41) is 13.9. The topological polar surface area (TPSA) is 128 Å². The maximum atomic E-state index is 12.5. The lowest BCUT2D eigenvalue weighted by molar-refractivity contribution is -0.384. The number of hydrogen-bond acceptors (Lipinski definition) is 7. The van der Waals surface area contributed by atoms with Crippen molar-refractivity contribution in [2.75, 3.05) is 17.9 Å². The Morgan fingerprint density at radius 2 is 2.00 bits per heavy atom. The number of nitrogens with zero attached hydrogens (tertiary/aromatic N) is 1. The average molecular weight is 405 g/mol. The fraction of sp³-hybridized carbons (Fsp3) is 0.278. The quantitative estimate of drug-likeness (QED) is 0.411. The van der Waals surface area contributed by atoms with Crippen LogP contribution in [0.4, 0.5) is 11.4 Å². The molecule has 2 aromatic rings. The second kappa shape index (κ2) is 8.36. The van der Waals surface area contributed by atoms with Crippen molar-refractivity contribution in [2.24, 2.45) is 0 Å². The van der Waals surface area contributed by atoms with Gasteiger partial charge in [-0.3, -0.25) is 14.8 Å². The number of ether oxygens (including phenoxy) is 1. The van der Waals surface area contributed by atoms with E-state index in [1.165, 1.54) is 24.3 Å². The van der Waals surface area contributed by atoms with Crippen molar-refractivity contribution in [1.29, 1.82) is 0 Å². The van der Waals surface area contributed by atoms with Gasteiger partial charge in [-0.2, -0.15) is 0 Å². The number of carbonyl (C=O) groups excluding carboxylic acids is 1. The standard InChI is InChI=1S/C18H19N3O6S/c22-18(27-12-15-5-2-10-19-15)13-3-1-4-14(11-13)20-28(25,26)17-8-6-16(7-9-17)21(23)24/h1,3-4,6-9,11,15,19-20H,2,5,10,12H2. The molecule has 1 aliphatic heterocycles. The fourth-order valence-electron chi connectivity index (χ4n) is 2.83. The molecule has 1 heterocycles. The molecule has 3 rings (SSSR count). The zero-order chi connectivity index (χ0) is 20.1. The zero-order valence-electron chi connectivity index (χ0n) is 14.8. The number of hydrogen-bond donors (Lipinski definition) is 2. The highest BCUT2D eigenvalue weighted by Crippen LogP contribution is 2.20. The summed E-state index contributed by atoms with van der Waals surface area (Å²) in [6.45, 7) is 1.17. The van der Waals surface area contributed by atoms with E-state index < -0.39 is 20.9 Å². The van der Waals surface area contributed by atoms with Crippen molar-refractivity contribution in [1.82, 2.24) is 5.32 Å². The van der Waals surface area contributed by atoms with Crippen LogP contribution < -0.4 is 10.0 Å². The lowest BCUT2D eigenvalue weighted by atomic mass is 10.2. The van der Waals surface area contributed by atoms with Crippen LogP contribution in [0.3, 0.4) is 0 Å². The molecule has 0 aliphatic carbocycles. The minimum atomic E-state index is -3.96. The first-order chi connectivity index (χ1) is 13.3. The Morgan fingerprint density at radius 3 is 2.64 bits per heavy atom. The third-order valence-electron chi connectivity index (χ3n) is 4.29. The minimum Gasteiger partial charge on any atom is -0.460 e. The molecule has 148 valence electrons. The van der Waals surface area contributed by atoms with Gasteiger partial charge in [0.15, 0.2) is 0 Å². The molecule has 1 saturated heterocycles. The van der Waals surface area contributed by atoms with Gasteiger partial charge in [0.05, 0.1) is 15.4 Å². The lowest BCUT2D eigenvalue weighted by Crippen LogP contribution is -2.28. The molecule has 2 aromatic carbocycles. The van der Waals surface area contributed by atoms with Gasteiger partial charge in [0.2, 0.25) is 0 Å². The van der Waals surface area contributed by atoms with E-state index in [1.54, 1.807) is 0 Å². The molecule has 1 atom stereocenters. The van der Waals surface area contributed by atoms with Gasteiger partial charge in [-0.15, -0.1) is 0 Å². The van der Waals surface area contributed by atoms with Crippen LogP contribution in [0, 0.1) is 10.1 Å². The predicted octanol–water partition coefficient (Wildman–Crippen LogP) is 2.30. The molecule has 2 N–H and O–H groups in total. The van der Waals surface area contributed by atoms with Crippen LogP contribution in [0.1, 0.15) is 23.2 Å². The van der Waals surface area contributed by atoms with Crippen molar-refractivity contribution in [3.63, 3.8) is 0 Å². The number of non-ortho nitro benzene ring substituents is 1. The van der Waals surface area contributed by atoms with E-state index in [2.05, 4.69) is 10.0 Å². The maximum absolute atomic E-state index is 12.5. The summed E-state index contributed by atoms with van der Waals surface area (Å²) in [4.78, 5) is 22.1. The molecule has 28 heavy (non-hydrogen) atoms. The van der Waals surface area contributed by atoms with Crippen LogP contribution in [0.25, 0.3) is 0 Å². The Hall–Kier alpha value is -2.98. The van der Waals surface area contributed by atoms with E-state index in [0.717, 1.165) is 43.7 Å². The molecule has 1 fully saturated rings. The third kappa shape index (κ3) is 4.84. The van der Waals surface area contributed by atoms with Gasteiger partial charge < -0.3 is 10.1 Å². The number of benzene rings is 2. The smallest absolute Gasteiger partial charge is 0.338 e. The van der Waals surface area contributed by atoms with Crippen molar-refractivity contribution >= 4 is 27.4 Å². The van der Waals surface area contributed by atoms with Gasteiger partial charge in [-0.25, -0.2) is 13.2 Å². The van der Waals surface area contributed by atoms with Crippen molar-refractivity contribution in [3.8, 4) is 0 Å². The second-order valence-electron chi connectivity index (χ2n) is 6.33. The van der Waals surface area contributed by atoms with Crippen molar-refractivity contribution < 1.29 is 22.9 Å². The molecule has 0 amide bonds. The van der Waals surface area contributed by atoms with Gasteiger partial charge >= 0.3 is 5.97 Å². The number of anilines is 1. The molecule has 1 unspecified atom stereocenters. The Balaban J connectivity index is 1.68. The normalized spacial score (nSPS) is 16.5. The van der Waals surface area contributed by atoms with Crippen LogP contribution in [-0.4, -0.2) is 38.5 Å². The molecular weight excluding hydrogens is 386 g/mol. The molecule has 0 bridgehead atoms. The molecule has 9 nitrogen and oxygen atoms in total. The third-order valence-corrected chi connectivity index (χ3v) is 5.68. The van der Waals surface area contributed by atoms with Gasteiger partial charge in [0.25, 0.3) is 15.7 Å². The van der Waals surface area contributed by atoms with Crippen molar-refractivity contribution in [3.05, 3.63) is 64.2 Å². The molecular formula is C18H19N3O6S. The highest BCUT2D eigenvalue weighted by molar-refractivity contribution is 7.92. The Kier molecular flexibility index (Phi) is 5.90. The van der Waals surface area contributed by atoms with E-state index in [1.807, 2.05) is 0 Å². The van der Waals surface area contributed by atoms with Crippen LogP contribution in [0.5, 0.6) is 0 Å². The summed E-state index contributed by atoms with van der Waals surface area (Å²) < 4.78 is 32.5. The van der Waals surface area contributed by atoms with Gasteiger partial charge in [0.1, 0.15) is 6.61 Å². The highest BCUT2D eigenvalue weighted by atomic mass is 32.2. The zero-order valence-corrected chi connectivity index (χ0v) is 15.6. The summed E-state index contributed by atoms with van der Waals surface area (Å²) in [5.74, 6) is -0.537. The van der Waals surface area contributed by atoms with E-state index in [0.29, 0.717) is 0 Å². The van der Waals surface area contributed by atoms with E-state index >= 15 is 0 Å². The monoisotopic (exact) mass is 405 g/mol. The van der Waals surface area contributed by atoms with E-state index in [9.17, 15) is 23.3 Å². The number of nitrogens with one attached hydrogen (secondary N) is 2. The van der Waals surface area contributed by atoms with Gasteiger partial charge in [0, 0.05) is 23.9 Å². The number of carbonyl (C=O) groups is 1. The average Bonchev–Trinajstić information content (AvgIpc) is 3.19. The molecule has 0 saturated carbocycles. The Morgan fingerprint density at radius 1 is 1.25 bits per heavy atom. The lowest BCUT2D eigenvalue weighted by Gasteiger charge is -2.12. The molecule has 0 aromatic heterocycles. The predicted molar refractivity (Wildman–Crippen MR) is 102 cm³/mol. The first-order valence-corrected chi connectivity index (χ1v) is 10.1. The van der Waals surface area contributed by atoms with Gasteiger partial charge in [-0.05, 0) is 49.7 Å². The number of rotatable bonds is 7. The Labute approximate surface area is 161 Å². The largest absolute Gasteiger partial charge is 0.460 e. The molecule has 10 heteroatoms. The summed E-state index contributed by atoms with van der Waals surface area (Å²) in [5.41, 5.74) is 0.203. The number of sulfonamides is 1. The molecule has 0 radical (unpaired) electrons. The molecule has 1 aliphatic rings. The van der Waals surface area contributed by atoms with Crippen LogP contribution in [-0.2, 0) is 14.8 Å². The summed E-state index contributed by atoms with van der Waals surface area (Å²) in [6, 6.07) is 10.6. The number of esters is 1. The summed E-state index contributed by atoms with van der Waals surface area (Å²) in [6.07, 6.45) is 1.99. The SMILES string of the molecule is O=C(OCC1CCCN1)c1cccc(NS(=O)(=O)c2ccc([N+](=O)[O-])cc2)c1. The summed E-state index contributed by atoms with van der Waals surface area (Å²) in [7, 11) is -3.96. The van der Waals surface area contributed by atoms with Crippen LogP contribution in [0.15, 0.2) is 53.4 Å². The molecule has 0 spiro atoms.